The van der Waals surface area contributed by atoms with E-state index in [1.807, 2.05) is 11.8 Å². The third-order valence-electron chi connectivity index (χ3n) is 1.26. The Morgan fingerprint density at radius 2 is 2.25 bits per heavy atom. The topological polar surface area (TPSA) is 0 Å². The molecule has 0 saturated carbocycles. The summed E-state index contributed by atoms with van der Waals surface area (Å²) in [5, 5.41) is 0. The van der Waals surface area contributed by atoms with E-state index in [-0.39, 0.29) is 0 Å². The Morgan fingerprint density at radius 3 is 2.50 bits per heavy atom. The second kappa shape index (κ2) is 2.14. The largest absolute Gasteiger partial charge is 0.157 e. The Balaban J connectivity index is 2.56. The molecule has 0 aromatic heterocycles. The molecular weight excluding hydrogens is 116 g/mol. The van der Waals surface area contributed by atoms with Crippen LogP contribution in [0.5, 0.6) is 0 Å². The van der Waals surface area contributed by atoms with E-state index in [0.717, 1.165) is 0 Å². The van der Waals surface area contributed by atoms with Crippen molar-refractivity contribution < 1.29 is 0 Å². The zero-order chi connectivity index (χ0) is 6.04. The molecular formula is C7H12S. The van der Waals surface area contributed by atoms with E-state index in [2.05, 4.69) is 26.0 Å². The normalized spacial score (nSPS) is 25.8. The molecule has 46 valence electrons. The summed E-state index contributed by atoms with van der Waals surface area (Å²) in [6.07, 6.45) is 4.57. The van der Waals surface area contributed by atoms with Crippen molar-refractivity contribution in [2.24, 2.45) is 5.41 Å². The van der Waals surface area contributed by atoms with Crippen LogP contribution in [0.3, 0.4) is 0 Å². The second-order valence-corrected chi connectivity index (χ2v) is 3.94. The highest BCUT2D eigenvalue weighted by Gasteiger charge is 2.15. The molecule has 1 rings (SSSR count). The van der Waals surface area contributed by atoms with Crippen LogP contribution in [-0.2, 0) is 0 Å². The fourth-order valence-corrected chi connectivity index (χ4v) is 1.78. The third kappa shape index (κ3) is 1.55. The van der Waals surface area contributed by atoms with Crippen LogP contribution in [0, 0.1) is 5.41 Å². The summed E-state index contributed by atoms with van der Waals surface area (Å²) in [5.41, 5.74) is 0.461. The maximum Gasteiger partial charge on any atom is 0.0113 e. The van der Waals surface area contributed by atoms with Gasteiger partial charge in [-0.15, -0.1) is 0 Å². The van der Waals surface area contributed by atoms with Gasteiger partial charge in [0.15, 0.2) is 0 Å². The van der Waals surface area contributed by atoms with E-state index < -0.39 is 0 Å². The van der Waals surface area contributed by atoms with Crippen molar-refractivity contribution in [3.05, 3.63) is 12.2 Å². The molecule has 0 spiro atoms. The molecule has 0 aromatic carbocycles. The first-order chi connectivity index (χ1) is 3.71. The highest BCUT2D eigenvalue weighted by molar-refractivity contribution is 7.99. The van der Waals surface area contributed by atoms with Gasteiger partial charge >= 0.3 is 0 Å². The van der Waals surface area contributed by atoms with Gasteiger partial charge in [0.05, 0.1) is 0 Å². The third-order valence-corrected chi connectivity index (χ3v) is 2.63. The SMILES string of the molecule is CC1(C)C=CCSC1. The summed E-state index contributed by atoms with van der Waals surface area (Å²) >= 11 is 2.02. The highest BCUT2D eigenvalue weighted by atomic mass is 32.2. The molecule has 0 fully saturated rings. The minimum atomic E-state index is 0.461. The fourth-order valence-electron chi connectivity index (χ4n) is 0.805. The van der Waals surface area contributed by atoms with Crippen LogP contribution in [0.2, 0.25) is 0 Å². The van der Waals surface area contributed by atoms with Gasteiger partial charge < -0.3 is 0 Å². The number of hydrogen-bond acceptors (Lipinski definition) is 1. The summed E-state index contributed by atoms with van der Waals surface area (Å²) < 4.78 is 0. The van der Waals surface area contributed by atoms with Gasteiger partial charge in [-0.05, 0) is 5.41 Å². The maximum absolute atomic E-state index is 2.31. The van der Waals surface area contributed by atoms with Crippen molar-refractivity contribution in [1.29, 1.82) is 0 Å². The van der Waals surface area contributed by atoms with E-state index in [1.54, 1.807) is 0 Å². The minimum absolute atomic E-state index is 0.461. The van der Waals surface area contributed by atoms with Crippen LogP contribution in [0.25, 0.3) is 0 Å². The standard InChI is InChI=1S/C7H12S/c1-7(2)4-3-5-8-6-7/h3-4H,5-6H2,1-2H3. The molecule has 1 aliphatic heterocycles. The summed E-state index contributed by atoms with van der Waals surface area (Å²) in [5.74, 6) is 2.49. The predicted octanol–water partition coefficient (Wildman–Crippen LogP) is 2.32. The Morgan fingerprint density at radius 1 is 1.50 bits per heavy atom. The monoisotopic (exact) mass is 128 g/mol. The average molecular weight is 128 g/mol. The minimum Gasteiger partial charge on any atom is -0.157 e. The van der Waals surface area contributed by atoms with Crippen LogP contribution in [0.4, 0.5) is 0 Å². The lowest BCUT2D eigenvalue weighted by Crippen LogP contribution is -2.13. The Kier molecular flexibility index (Phi) is 1.66. The molecule has 0 aromatic rings. The summed E-state index contributed by atoms with van der Waals surface area (Å²) in [6, 6.07) is 0. The smallest absolute Gasteiger partial charge is 0.0113 e. The zero-order valence-corrected chi connectivity index (χ0v) is 6.29. The average Bonchev–Trinajstić information content (AvgIpc) is 1.65. The van der Waals surface area contributed by atoms with Crippen LogP contribution in [0.1, 0.15) is 13.8 Å². The van der Waals surface area contributed by atoms with Crippen molar-refractivity contribution in [1.82, 2.24) is 0 Å². The summed E-state index contributed by atoms with van der Waals surface area (Å²) in [6.45, 7) is 4.55. The van der Waals surface area contributed by atoms with E-state index >= 15 is 0 Å². The molecule has 1 heterocycles. The quantitative estimate of drug-likeness (QED) is 0.451. The number of allylic oxidation sites excluding steroid dienone is 1. The fraction of sp³-hybridized carbons (Fsp3) is 0.714. The predicted molar refractivity (Wildman–Crippen MR) is 40.2 cm³/mol. The Hall–Kier alpha value is 0.0900. The lowest BCUT2D eigenvalue weighted by atomic mass is 9.96. The number of rotatable bonds is 0. The summed E-state index contributed by atoms with van der Waals surface area (Å²) in [7, 11) is 0. The molecule has 1 aliphatic rings. The van der Waals surface area contributed by atoms with Crippen LogP contribution >= 0.6 is 11.8 Å². The lowest BCUT2D eigenvalue weighted by molar-refractivity contribution is 0.552. The van der Waals surface area contributed by atoms with Crippen LogP contribution in [0.15, 0.2) is 12.2 Å². The van der Waals surface area contributed by atoms with Gasteiger partial charge in [0.25, 0.3) is 0 Å². The van der Waals surface area contributed by atoms with Gasteiger partial charge in [0.1, 0.15) is 0 Å². The van der Waals surface area contributed by atoms with Crippen molar-refractivity contribution in [2.75, 3.05) is 11.5 Å². The van der Waals surface area contributed by atoms with Gasteiger partial charge in [-0.1, -0.05) is 26.0 Å². The first kappa shape index (κ1) is 6.21. The van der Waals surface area contributed by atoms with Crippen LogP contribution in [-0.4, -0.2) is 11.5 Å². The van der Waals surface area contributed by atoms with Crippen molar-refractivity contribution in [3.63, 3.8) is 0 Å². The molecule has 0 atom stereocenters. The van der Waals surface area contributed by atoms with Crippen molar-refractivity contribution >= 4 is 11.8 Å². The van der Waals surface area contributed by atoms with E-state index in [4.69, 9.17) is 0 Å². The van der Waals surface area contributed by atoms with Gasteiger partial charge in [-0.3, -0.25) is 0 Å². The molecule has 0 saturated heterocycles. The van der Waals surface area contributed by atoms with E-state index in [1.165, 1.54) is 11.5 Å². The van der Waals surface area contributed by atoms with Crippen molar-refractivity contribution in [3.8, 4) is 0 Å². The molecule has 0 nitrogen and oxygen atoms in total. The van der Waals surface area contributed by atoms with E-state index in [0.29, 0.717) is 5.41 Å². The van der Waals surface area contributed by atoms with Gasteiger partial charge in [-0.2, -0.15) is 11.8 Å². The summed E-state index contributed by atoms with van der Waals surface area (Å²) in [4.78, 5) is 0. The molecule has 0 radical (unpaired) electrons. The first-order valence-electron chi connectivity index (χ1n) is 2.96. The first-order valence-corrected chi connectivity index (χ1v) is 4.12. The van der Waals surface area contributed by atoms with Gasteiger partial charge in [0.2, 0.25) is 0 Å². The number of hydrogen-bond donors (Lipinski definition) is 0. The molecule has 8 heavy (non-hydrogen) atoms. The Labute approximate surface area is 55.4 Å². The maximum atomic E-state index is 2.31. The Bertz CT molecular complexity index is 103. The zero-order valence-electron chi connectivity index (χ0n) is 5.48. The molecule has 0 unspecified atom stereocenters. The highest BCUT2D eigenvalue weighted by Crippen LogP contribution is 2.27. The van der Waals surface area contributed by atoms with E-state index in [9.17, 15) is 0 Å². The lowest BCUT2D eigenvalue weighted by Gasteiger charge is -2.22. The van der Waals surface area contributed by atoms with Crippen molar-refractivity contribution in [2.45, 2.75) is 13.8 Å². The van der Waals surface area contributed by atoms with Gasteiger partial charge in [0, 0.05) is 11.5 Å². The molecule has 1 heteroatoms. The number of thioether (sulfide) groups is 1. The van der Waals surface area contributed by atoms with Crippen LogP contribution < -0.4 is 0 Å². The van der Waals surface area contributed by atoms with Gasteiger partial charge in [-0.25, -0.2) is 0 Å². The molecule has 0 N–H and O–H groups in total. The molecule has 0 amide bonds. The molecule has 0 bridgehead atoms. The molecule has 0 aliphatic carbocycles. The second-order valence-electron chi connectivity index (χ2n) is 2.91.